The average molecular weight is 276 g/mol. The lowest BCUT2D eigenvalue weighted by atomic mass is 10.4. The molecule has 0 fully saturated rings. The summed E-state index contributed by atoms with van der Waals surface area (Å²) in [7, 11) is -0.767. The van der Waals surface area contributed by atoms with Crippen molar-refractivity contribution in [3.05, 3.63) is 17.6 Å². The normalized spacial score (nSPS) is 11.5. The van der Waals surface area contributed by atoms with Gasteiger partial charge in [-0.05, 0) is 14.0 Å². The number of likely N-dealkylation sites (N-methyl/N-ethyl adjacent to an activating group) is 1. The Bertz CT molecular complexity index is 520. The summed E-state index contributed by atoms with van der Waals surface area (Å²) in [5.74, 6) is -0.703. The van der Waals surface area contributed by atoms with Crippen LogP contribution in [0.3, 0.4) is 0 Å². The summed E-state index contributed by atoms with van der Waals surface area (Å²) >= 11 is 0. The summed E-state index contributed by atoms with van der Waals surface area (Å²) in [5.41, 5.74) is 0. The third-order valence-corrected chi connectivity index (χ3v) is 3.78. The predicted molar refractivity (Wildman–Crippen MR) is 63.9 cm³/mol. The van der Waals surface area contributed by atoms with Crippen molar-refractivity contribution in [1.82, 2.24) is 10.0 Å². The molecule has 0 bridgehead atoms. The van der Waals surface area contributed by atoms with Gasteiger partial charge in [-0.15, -0.1) is 0 Å². The lowest BCUT2D eigenvalue weighted by Gasteiger charge is -2.04. The molecule has 0 aliphatic rings. The van der Waals surface area contributed by atoms with Gasteiger partial charge in [0.05, 0.1) is 7.11 Å². The second-order valence-corrected chi connectivity index (χ2v) is 5.26. The van der Waals surface area contributed by atoms with E-state index in [0.29, 0.717) is 6.54 Å². The van der Waals surface area contributed by atoms with E-state index >= 15 is 0 Å². The summed E-state index contributed by atoms with van der Waals surface area (Å²) in [6.45, 7) is 2.22. The van der Waals surface area contributed by atoms with Gasteiger partial charge in [-0.3, -0.25) is 0 Å². The Hall–Kier alpha value is -1.38. The van der Waals surface area contributed by atoms with Crippen molar-refractivity contribution in [2.24, 2.45) is 0 Å². The minimum atomic E-state index is -3.68. The van der Waals surface area contributed by atoms with Crippen LogP contribution >= 0.6 is 0 Å². The van der Waals surface area contributed by atoms with Crippen LogP contribution in [-0.2, 0) is 14.8 Å². The van der Waals surface area contributed by atoms with Crippen LogP contribution in [0.4, 0.5) is 0 Å². The molecule has 0 saturated heterocycles. The number of hydrogen-bond acceptors (Lipinski definition) is 6. The molecule has 7 nitrogen and oxygen atoms in total. The monoisotopic (exact) mass is 276 g/mol. The number of ether oxygens (including phenoxy) is 1. The largest absolute Gasteiger partial charge is 0.463 e. The number of furan rings is 1. The fraction of sp³-hybridized carbons (Fsp3) is 0.500. The van der Waals surface area contributed by atoms with E-state index in [1.165, 1.54) is 14.0 Å². The maximum atomic E-state index is 11.9. The Balaban J connectivity index is 2.95. The van der Waals surface area contributed by atoms with Gasteiger partial charge in [-0.2, -0.15) is 0 Å². The van der Waals surface area contributed by atoms with Gasteiger partial charge in [0.1, 0.15) is 10.7 Å². The summed E-state index contributed by atoms with van der Waals surface area (Å²) < 4.78 is 35.7. The number of nitrogens with one attached hydrogen (secondary N) is 2. The molecule has 0 aromatic carbocycles. The molecule has 1 aromatic heterocycles. The van der Waals surface area contributed by atoms with E-state index in [0.717, 1.165) is 6.07 Å². The number of hydrogen-bond donors (Lipinski definition) is 2. The number of carbonyl (C=O) groups is 1. The Labute approximate surface area is 106 Å². The van der Waals surface area contributed by atoms with Crippen molar-refractivity contribution in [3.8, 4) is 0 Å². The fourth-order valence-corrected chi connectivity index (χ4v) is 2.53. The zero-order chi connectivity index (χ0) is 13.8. The molecule has 8 heteroatoms. The zero-order valence-corrected chi connectivity index (χ0v) is 11.3. The number of methoxy groups -OCH3 is 1. The van der Waals surface area contributed by atoms with Crippen molar-refractivity contribution < 1.29 is 22.4 Å². The van der Waals surface area contributed by atoms with Gasteiger partial charge in [-0.1, -0.05) is 0 Å². The van der Waals surface area contributed by atoms with Crippen LogP contribution in [0.5, 0.6) is 0 Å². The summed E-state index contributed by atoms with van der Waals surface area (Å²) in [6, 6.07) is 1.16. The number of sulfonamides is 1. The highest BCUT2D eigenvalue weighted by Gasteiger charge is 2.23. The van der Waals surface area contributed by atoms with E-state index in [1.807, 2.05) is 0 Å². The Kier molecular flexibility index (Phi) is 4.88. The highest BCUT2D eigenvalue weighted by atomic mass is 32.2. The van der Waals surface area contributed by atoms with Gasteiger partial charge in [-0.25, -0.2) is 17.9 Å². The first-order chi connectivity index (χ1) is 8.42. The van der Waals surface area contributed by atoms with Crippen molar-refractivity contribution in [2.75, 3.05) is 27.2 Å². The van der Waals surface area contributed by atoms with Crippen molar-refractivity contribution in [3.63, 3.8) is 0 Å². The smallest absolute Gasteiger partial charge is 0.373 e. The van der Waals surface area contributed by atoms with Crippen LogP contribution in [0.1, 0.15) is 16.3 Å². The molecular weight excluding hydrogens is 260 g/mol. The highest BCUT2D eigenvalue weighted by molar-refractivity contribution is 7.89. The van der Waals surface area contributed by atoms with Crippen molar-refractivity contribution in [2.45, 2.75) is 11.8 Å². The molecule has 0 spiro atoms. The van der Waals surface area contributed by atoms with Crippen LogP contribution < -0.4 is 10.0 Å². The summed E-state index contributed by atoms with van der Waals surface area (Å²) in [6.07, 6.45) is 0. The summed E-state index contributed by atoms with van der Waals surface area (Å²) in [5, 5.41) is 2.81. The number of esters is 1. The van der Waals surface area contributed by atoms with Crippen LogP contribution in [-0.4, -0.2) is 41.6 Å². The third-order valence-electron chi connectivity index (χ3n) is 2.22. The van der Waals surface area contributed by atoms with Crippen LogP contribution in [0, 0.1) is 6.92 Å². The van der Waals surface area contributed by atoms with E-state index in [1.54, 1.807) is 7.05 Å². The topological polar surface area (TPSA) is 97.6 Å². The molecule has 102 valence electrons. The second kappa shape index (κ2) is 5.98. The maximum absolute atomic E-state index is 11.9. The minimum Gasteiger partial charge on any atom is -0.463 e. The van der Waals surface area contributed by atoms with E-state index in [2.05, 4.69) is 14.8 Å². The van der Waals surface area contributed by atoms with Gasteiger partial charge < -0.3 is 14.5 Å². The molecule has 0 aliphatic carbocycles. The van der Waals surface area contributed by atoms with E-state index < -0.39 is 16.0 Å². The fourth-order valence-electron chi connectivity index (χ4n) is 1.32. The molecule has 0 saturated carbocycles. The van der Waals surface area contributed by atoms with Crippen LogP contribution in [0.2, 0.25) is 0 Å². The molecule has 0 aliphatic heterocycles. The molecule has 0 atom stereocenters. The predicted octanol–water partition coefficient (Wildman–Crippen LogP) is -0.128. The van der Waals surface area contributed by atoms with Gasteiger partial charge >= 0.3 is 5.97 Å². The molecule has 1 heterocycles. The lowest BCUT2D eigenvalue weighted by molar-refractivity contribution is 0.0563. The van der Waals surface area contributed by atoms with Crippen molar-refractivity contribution in [1.29, 1.82) is 0 Å². The third kappa shape index (κ3) is 3.31. The van der Waals surface area contributed by atoms with E-state index in [9.17, 15) is 13.2 Å². The quantitative estimate of drug-likeness (QED) is 0.555. The zero-order valence-electron chi connectivity index (χ0n) is 10.4. The second-order valence-electron chi connectivity index (χ2n) is 3.52. The Morgan fingerprint density at radius 1 is 1.44 bits per heavy atom. The lowest BCUT2D eigenvalue weighted by Crippen LogP contribution is -2.30. The highest BCUT2D eigenvalue weighted by Crippen LogP contribution is 2.20. The number of rotatable bonds is 6. The first-order valence-electron chi connectivity index (χ1n) is 5.25. The van der Waals surface area contributed by atoms with Gasteiger partial charge in [0.25, 0.3) is 0 Å². The Morgan fingerprint density at radius 3 is 2.67 bits per heavy atom. The molecule has 0 unspecified atom stereocenters. The van der Waals surface area contributed by atoms with Crippen LogP contribution in [0.25, 0.3) is 0 Å². The first kappa shape index (κ1) is 14.7. The average Bonchev–Trinajstić information content (AvgIpc) is 2.71. The molecule has 0 amide bonds. The summed E-state index contributed by atoms with van der Waals surface area (Å²) in [4.78, 5) is 11.2. The van der Waals surface area contributed by atoms with E-state index in [4.69, 9.17) is 4.42 Å². The standard InChI is InChI=1S/C10H16N2O5S/c1-7-9(6-8(17-7)10(13)16-3)18(14,15)12-5-4-11-2/h6,11-12H,4-5H2,1-3H3. The van der Waals surface area contributed by atoms with Gasteiger partial charge in [0, 0.05) is 19.2 Å². The van der Waals surface area contributed by atoms with E-state index in [-0.39, 0.29) is 23.0 Å². The van der Waals surface area contributed by atoms with Gasteiger partial charge in [0.2, 0.25) is 15.8 Å². The number of aryl methyl sites for hydroxylation is 1. The molecule has 0 radical (unpaired) electrons. The Morgan fingerprint density at radius 2 is 2.11 bits per heavy atom. The first-order valence-corrected chi connectivity index (χ1v) is 6.73. The molecule has 2 N–H and O–H groups in total. The number of carbonyl (C=O) groups excluding carboxylic acids is 1. The molecule has 18 heavy (non-hydrogen) atoms. The molecule has 1 rings (SSSR count). The maximum Gasteiger partial charge on any atom is 0.373 e. The molecule has 1 aromatic rings. The van der Waals surface area contributed by atoms with Gasteiger partial charge in [0.15, 0.2) is 0 Å². The molecular formula is C10H16N2O5S. The van der Waals surface area contributed by atoms with Crippen molar-refractivity contribution >= 4 is 16.0 Å². The SMILES string of the molecule is CNCCNS(=O)(=O)c1cc(C(=O)OC)oc1C. The van der Waals surface area contributed by atoms with Crippen LogP contribution in [0.15, 0.2) is 15.4 Å². The minimum absolute atomic E-state index is 0.0565.